The number of fused-ring (bicyclic) bond motifs is 1. The first-order valence-corrected chi connectivity index (χ1v) is 6.56. The summed E-state index contributed by atoms with van der Waals surface area (Å²) in [7, 11) is 0. The van der Waals surface area contributed by atoms with Crippen molar-refractivity contribution in [2.45, 2.75) is 33.1 Å². The van der Waals surface area contributed by atoms with Gasteiger partial charge in [-0.2, -0.15) is 0 Å². The maximum absolute atomic E-state index is 5.85. The van der Waals surface area contributed by atoms with Crippen LogP contribution in [0.5, 0.6) is 0 Å². The van der Waals surface area contributed by atoms with Crippen LogP contribution in [0.3, 0.4) is 0 Å². The molecule has 1 saturated heterocycles. The molecule has 1 fully saturated rings. The van der Waals surface area contributed by atoms with Crippen molar-refractivity contribution < 1.29 is 4.42 Å². The van der Waals surface area contributed by atoms with Gasteiger partial charge in [0.05, 0.1) is 0 Å². The SMILES string of the molecule is CCc1oc2ccc(N3CCCC3)cc2c1C. The topological polar surface area (TPSA) is 16.4 Å². The van der Waals surface area contributed by atoms with E-state index in [0.717, 1.165) is 17.8 Å². The minimum atomic E-state index is 0.972. The quantitative estimate of drug-likeness (QED) is 0.776. The summed E-state index contributed by atoms with van der Waals surface area (Å²) in [4.78, 5) is 2.47. The van der Waals surface area contributed by atoms with Crippen molar-refractivity contribution >= 4 is 16.7 Å². The number of rotatable bonds is 2. The van der Waals surface area contributed by atoms with Crippen LogP contribution in [0.2, 0.25) is 0 Å². The van der Waals surface area contributed by atoms with Crippen molar-refractivity contribution in [2.24, 2.45) is 0 Å². The summed E-state index contributed by atoms with van der Waals surface area (Å²) in [6.45, 7) is 6.70. The Labute approximate surface area is 102 Å². The van der Waals surface area contributed by atoms with E-state index in [-0.39, 0.29) is 0 Å². The van der Waals surface area contributed by atoms with E-state index in [1.165, 1.54) is 42.6 Å². The van der Waals surface area contributed by atoms with Crippen molar-refractivity contribution in [1.82, 2.24) is 0 Å². The molecule has 1 aromatic carbocycles. The molecule has 0 radical (unpaired) electrons. The van der Waals surface area contributed by atoms with Gasteiger partial charge in [-0.3, -0.25) is 0 Å². The van der Waals surface area contributed by atoms with Gasteiger partial charge in [0.25, 0.3) is 0 Å². The van der Waals surface area contributed by atoms with Gasteiger partial charge in [-0.15, -0.1) is 0 Å². The molecule has 90 valence electrons. The van der Waals surface area contributed by atoms with Gasteiger partial charge in [0.15, 0.2) is 0 Å². The largest absolute Gasteiger partial charge is 0.461 e. The standard InChI is InChI=1S/C15H19NO/c1-3-14-11(2)13-10-12(6-7-15(13)17-14)16-8-4-5-9-16/h6-7,10H,3-5,8-9H2,1-2H3. The highest BCUT2D eigenvalue weighted by atomic mass is 16.3. The molecule has 1 aliphatic heterocycles. The maximum atomic E-state index is 5.85. The van der Waals surface area contributed by atoms with E-state index in [9.17, 15) is 0 Å². The lowest BCUT2D eigenvalue weighted by Crippen LogP contribution is -2.17. The smallest absolute Gasteiger partial charge is 0.134 e. The number of nitrogens with zero attached hydrogens (tertiary/aromatic N) is 1. The molecular weight excluding hydrogens is 210 g/mol. The van der Waals surface area contributed by atoms with E-state index in [0.29, 0.717) is 0 Å². The average molecular weight is 229 g/mol. The second-order valence-corrected chi connectivity index (χ2v) is 4.88. The van der Waals surface area contributed by atoms with Crippen molar-refractivity contribution in [3.8, 4) is 0 Å². The fourth-order valence-electron chi connectivity index (χ4n) is 2.77. The molecule has 0 saturated carbocycles. The summed E-state index contributed by atoms with van der Waals surface area (Å²) in [6.07, 6.45) is 3.62. The van der Waals surface area contributed by atoms with Gasteiger partial charge in [0.2, 0.25) is 0 Å². The summed E-state index contributed by atoms with van der Waals surface area (Å²) in [5.41, 5.74) is 3.69. The minimum absolute atomic E-state index is 0.972. The highest BCUT2D eigenvalue weighted by Crippen LogP contribution is 2.30. The molecule has 2 heterocycles. The summed E-state index contributed by atoms with van der Waals surface area (Å²) < 4.78 is 5.85. The molecule has 0 N–H and O–H groups in total. The lowest BCUT2D eigenvalue weighted by molar-refractivity contribution is 0.553. The zero-order valence-corrected chi connectivity index (χ0v) is 10.6. The van der Waals surface area contributed by atoms with Crippen LogP contribution in [0, 0.1) is 6.92 Å². The first-order valence-electron chi connectivity index (χ1n) is 6.56. The Kier molecular flexibility index (Phi) is 2.58. The van der Waals surface area contributed by atoms with Crippen LogP contribution in [0.25, 0.3) is 11.0 Å². The van der Waals surface area contributed by atoms with Gasteiger partial charge in [0.1, 0.15) is 11.3 Å². The van der Waals surface area contributed by atoms with Crippen molar-refractivity contribution in [3.63, 3.8) is 0 Å². The first-order chi connectivity index (χ1) is 8.29. The Morgan fingerprint density at radius 3 is 2.71 bits per heavy atom. The molecule has 17 heavy (non-hydrogen) atoms. The Morgan fingerprint density at radius 2 is 2.00 bits per heavy atom. The molecule has 2 aromatic rings. The third-order valence-electron chi connectivity index (χ3n) is 3.81. The third kappa shape index (κ3) is 1.72. The molecule has 2 heteroatoms. The van der Waals surface area contributed by atoms with Crippen LogP contribution in [-0.2, 0) is 6.42 Å². The normalized spacial score (nSPS) is 16.0. The summed E-state index contributed by atoms with van der Waals surface area (Å²) in [5, 5.41) is 1.28. The van der Waals surface area contributed by atoms with Crippen molar-refractivity contribution in [3.05, 3.63) is 29.5 Å². The lowest BCUT2D eigenvalue weighted by Gasteiger charge is -2.17. The number of anilines is 1. The molecule has 0 amide bonds. The Hall–Kier alpha value is -1.44. The van der Waals surface area contributed by atoms with Gasteiger partial charge in [-0.05, 0) is 43.5 Å². The summed E-state index contributed by atoms with van der Waals surface area (Å²) in [6, 6.07) is 6.60. The molecular formula is C15H19NO. The molecule has 0 spiro atoms. The molecule has 0 bridgehead atoms. The number of aryl methyl sites for hydroxylation is 2. The van der Waals surface area contributed by atoms with Gasteiger partial charge in [-0.1, -0.05) is 6.92 Å². The van der Waals surface area contributed by atoms with E-state index >= 15 is 0 Å². The van der Waals surface area contributed by atoms with Gasteiger partial charge in [-0.25, -0.2) is 0 Å². The minimum Gasteiger partial charge on any atom is -0.461 e. The number of benzene rings is 1. The maximum Gasteiger partial charge on any atom is 0.134 e. The Morgan fingerprint density at radius 1 is 1.24 bits per heavy atom. The fraction of sp³-hybridized carbons (Fsp3) is 0.467. The Balaban J connectivity index is 2.08. The molecule has 0 atom stereocenters. The molecule has 0 aliphatic carbocycles. The predicted molar refractivity (Wildman–Crippen MR) is 71.8 cm³/mol. The number of hydrogen-bond acceptors (Lipinski definition) is 2. The van der Waals surface area contributed by atoms with Crippen LogP contribution in [-0.4, -0.2) is 13.1 Å². The van der Waals surface area contributed by atoms with Crippen molar-refractivity contribution in [1.29, 1.82) is 0 Å². The second-order valence-electron chi connectivity index (χ2n) is 4.88. The zero-order chi connectivity index (χ0) is 11.8. The predicted octanol–water partition coefficient (Wildman–Crippen LogP) is 3.90. The third-order valence-corrected chi connectivity index (χ3v) is 3.81. The number of furan rings is 1. The van der Waals surface area contributed by atoms with E-state index in [4.69, 9.17) is 4.42 Å². The van der Waals surface area contributed by atoms with Gasteiger partial charge < -0.3 is 9.32 Å². The molecule has 1 aliphatic rings. The van der Waals surface area contributed by atoms with Gasteiger partial charge in [0, 0.05) is 30.6 Å². The first kappa shape index (κ1) is 10.7. The lowest BCUT2D eigenvalue weighted by atomic mass is 10.1. The average Bonchev–Trinajstić information content (AvgIpc) is 2.97. The van der Waals surface area contributed by atoms with Crippen LogP contribution in [0.1, 0.15) is 31.1 Å². The monoisotopic (exact) mass is 229 g/mol. The molecule has 0 unspecified atom stereocenters. The number of hydrogen-bond donors (Lipinski definition) is 0. The highest BCUT2D eigenvalue weighted by molar-refractivity contribution is 5.85. The van der Waals surface area contributed by atoms with E-state index in [1.54, 1.807) is 0 Å². The molecule has 3 rings (SSSR count). The van der Waals surface area contributed by atoms with E-state index < -0.39 is 0 Å². The summed E-state index contributed by atoms with van der Waals surface area (Å²) in [5.74, 6) is 1.12. The summed E-state index contributed by atoms with van der Waals surface area (Å²) >= 11 is 0. The van der Waals surface area contributed by atoms with Gasteiger partial charge >= 0.3 is 0 Å². The zero-order valence-electron chi connectivity index (χ0n) is 10.6. The van der Waals surface area contributed by atoms with E-state index in [2.05, 4.69) is 36.9 Å². The van der Waals surface area contributed by atoms with Crippen LogP contribution in [0.15, 0.2) is 22.6 Å². The Bertz CT molecular complexity index is 535. The van der Waals surface area contributed by atoms with E-state index in [1.807, 2.05) is 0 Å². The van der Waals surface area contributed by atoms with Crippen LogP contribution in [0.4, 0.5) is 5.69 Å². The van der Waals surface area contributed by atoms with Crippen LogP contribution < -0.4 is 4.90 Å². The second kappa shape index (κ2) is 4.10. The fourth-order valence-corrected chi connectivity index (χ4v) is 2.77. The molecule has 2 nitrogen and oxygen atoms in total. The molecule has 1 aromatic heterocycles. The van der Waals surface area contributed by atoms with Crippen molar-refractivity contribution in [2.75, 3.05) is 18.0 Å². The highest BCUT2D eigenvalue weighted by Gasteiger charge is 2.15. The van der Waals surface area contributed by atoms with Crippen LogP contribution >= 0.6 is 0 Å².